The third-order valence-electron chi connectivity index (χ3n) is 2.68. The van der Waals surface area contributed by atoms with Crippen LogP contribution in [0.3, 0.4) is 0 Å². The van der Waals surface area contributed by atoms with Crippen LogP contribution in [0.4, 0.5) is 5.82 Å². The molecule has 0 aromatic carbocycles. The van der Waals surface area contributed by atoms with Crippen molar-refractivity contribution in [1.82, 2.24) is 15.1 Å². The van der Waals surface area contributed by atoms with E-state index in [1.54, 1.807) is 7.11 Å². The minimum absolute atomic E-state index is 0.0641. The van der Waals surface area contributed by atoms with Gasteiger partial charge in [-0.25, -0.2) is 0 Å². The van der Waals surface area contributed by atoms with Gasteiger partial charge in [0.25, 0.3) is 5.91 Å². The van der Waals surface area contributed by atoms with Crippen LogP contribution >= 0.6 is 0 Å². The maximum Gasteiger partial charge on any atom is 0.259 e. The van der Waals surface area contributed by atoms with E-state index in [0.29, 0.717) is 30.6 Å². The molecule has 0 unspecified atom stereocenters. The first kappa shape index (κ1) is 10.9. The molecule has 3 N–H and O–H groups in total. The summed E-state index contributed by atoms with van der Waals surface area (Å²) in [6.45, 7) is 1.14. The molecule has 88 valence electrons. The van der Waals surface area contributed by atoms with Crippen LogP contribution in [-0.4, -0.2) is 47.3 Å². The Morgan fingerprint density at radius 2 is 2.50 bits per heavy atom. The van der Waals surface area contributed by atoms with Crippen molar-refractivity contribution in [2.45, 2.75) is 18.9 Å². The van der Waals surface area contributed by atoms with Crippen LogP contribution in [0.2, 0.25) is 0 Å². The fraction of sp³-hybridized carbons (Fsp3) is 0.600. The Balaban J connectivity index is 2.08. The van der Waals surface area contributed by atoms with E-state index in [9.17, 15) is 4.79 Å². The number of nitrogen functional groups attached to an aromatic ring is 1. The number of nitrogens with one attached hydrogen (secondary N) is 1. The summed E-state index contributed by atoms with van der Waals surface area (Å²) in [6.07, 6.45) is 3.60. The normalized spacial score (nSPS) is 15.1. The smallest absolute Gasteiger partial charge is 0.259 e. The zero-order valence-corrected chi connectivity index (χ0v) is 9.27. The van der Waals surface area contributed by atoms with Crippen LogP contribution in [0.25, 0.3) is 0 Å². The second kappa shape index (κ2) is 4.52. The number of methoxy groups -OCH3 is 1. The van der Waals surface area contributed by atoms with Crippen LogP contribution < -0.4 is 5.73 Å². The Bertz CT molecular complexity index is 373. The van der Waals surface area contributed by atoms with Crippen LogP contribution in [0, 0.1) is 0 Å². The van der Waals surface area contributed by atoms with Gasteiger partial charge in [0.15, 0.2) is 0 Å². The molecule has 1 fully saturated rings. The van der Waals surface area contributed by atoms with Crippen molar-refractivity contribution in [3.63, 3.8) is 0 Å². The monoisotopic (exact) mass is 224 g/mol. The summed E-state index contributed by atoms with van der Waals surface area (Å²) in [4.78, 5) is 14.0. The van der Waals surface area contributed by atoms with Gasteiger partial charge < -0.3 is 15.4 Å². The third-order valence-corrected chi connectivity index (χ3v) is 2.68. The van der Waals surface area contributed by atoms with Gasteiger partial charge in [-0.3, -0.25) is 9.89 Å². The Hall–Kier alpha value is -1.56. The molecule has 1 aromatic rings. The summed E-state index contributed by atoms with van der Waals surface area (Å²) >= 11 is 0. The Kier molecular flexibility index (Phi) is 3.09. The summed E-state index contributed by atoms with van der Waals surface area (Å²) in [5, 5.41) is 6.33. The number of carbonyl (C=O) groups excluding carboxylic acids is 1. The molecule has 1 saturated carbocycles. The fourth-order valence-corrected chi connectivity index (χ4v) is 1.65. The molecular weight excluding hydrogens is 208 g/mol. The Morgan fingerprint density at radius 3 is 3.00 bits per heavy atom. The molecule has 1 aliphatic carbocycles. The highest BCUT2D eigenvalue weighted by Crippen LogP contribution is 2.28. The number of aromatic amines is 1. The van der Waals surface area contributed by atoms with E-state index in [4.69, 9.17) is 10.5 Å². The minimum Gasteiger partial charge on any atom is -0.383 e. The molecule has 0 spiro atoms. The predicted molar refractivity (Wildman–Crippen MR) is 58.9 cm³/mol. The van der Waals surface area contributed by atoms with Crippen molar-refractivity contribution in [2.24, 2.45) is 0 Å². The maximum atomic E-state index is 12.1. The number of nitrogens with two attached hydrogens (primary N) is 1. The Labute approximate surface area is 93.8 Å². The lowest BCUT2D eigenvalue weighted by atomic mass is 10.2. The second-order valence-corrected chi connectivity index (χ2v) is 3.92. The molecule has 1 aromatic heterocycles. The molecule has 1 heterocycles. The number of aromatic nitrogens is 2. The van der Waals surface area contributed by atoms with Gasteiger partial charge in [0.05, 0.1) is 12.8 Å². The van der Waals surface area contributed by atoms with Gasteiger partial charge in [0, 0.05) is 19.7 Å². The van der Waals surface area contributed by atoms with Gasteiger partial charge in [-0.2, -0.15) is 5.10 Å². The van der Waals surface area contributed by atoms with Crippen molar-refractivity contribution in [1.29, 1.82) is 0 Å². The van der Waals surface area contributed by atoms with E-state index in [-0.39, 0.29) is 5.91 Å². The fourth-order valence-electron chi connectivity index (χ4n) is 1.65. The zero-order valence-electron chi connectivity index (χ0n) is 9.27. The van der Waals surface area contributed by atoms with E-state index >= 15 is 0 Å². The van der Waals surface area contributed by atoms with Gasteiger partial charge in [0.2, 0.25) is 0 Å². The van der Waals surface area contributed by atoms with Crippen molar-refractivity contribution >= 4 is 11.7 Å². The van der Waals surface area contributed by atoms with Crippen LogP contribution in [-0.2, 0) is 4.74 Å². The molecule has 16 heavy (non-hydrogen) atoms. The van der Waals surface area contributed by atoms with E-state index in [0.717, 1.165) is 12.8 Å². The molecule has 1 amide bonds. The molecule has 0 atom stereocenters. The number of rotatable bonds is 5. The molecule has 0 saturated heterocycles. The van der Waals surface area contributed by atoms with Crippen molar-refractivity contribution in [3.8, 4) is 0 Å². The van der Waals surface area contributed by atoms with Gasteiger partial charge in [-0.15, -0.1) is 0 Å². The summed E-state index contributed by atoms with van der Waals surface area (Å²) in [6, 6.07) is 0.344. The third kappa shape index (κ3) is 2.16. The highest BCUT2D eigenvalue weighted by Gasteiger charge is 2.33. The summed E-state index contributed by atoms with van der Waals surface area (Å²) < 4.78 is 5.00. The molecule has 1 aliphatic rings. The first-order valence-electron chi connectivity index (χ1n) is 5.32. The molecule has 0 bridgehead atoms. The van der Waals surface area contributed by atoms with Crippen molar-refractivity contribution in [3.05, 3.63) is 11.8 Å². The van der Waals surface area contributed by atoms with E-state index in [2.05, 4.69) is 10.2 Å². The standard InChI is InChI=1S/C10H16N4O2/c1-16-5-4-14(7-2-3-7)10(15)8-6-12-13-9(8)11/h6-7H,2-5H2,1H3,(H3,11,12,13). The van der Waals surface area contributed by atoms with E-state index in [1.165, 1.54) is 6.20 Å². The number of nitrogens with zero attached hydrogens (tertiary/aromatic N) is 2. The van der Waals surface area contributed by atoms with Gasteiger partial charge in [-0.1, -0.05) is 0 Å². The average molecular weight is 224 g/mol. The number of ether oxygens (including phenoxy) is 1. The molecule has 2 rings (SSSR count). The lowest BCUT2D eigenvalue weighted by molar-refractivity contribution is 0.0681. The van der Waals surface area contributed by atoms with E-state index < -0.39 is 0 Å². The second-order valence-electron chi connectivity index (χ2n) is 3.92. The zero-order chi connectivity index (χ0) is 11.5. The number of hydrogen-bond donors (Lipinski definition) is 2. The number of amides is 1. The summed E-state index contributed by atoms with van der Waals surface area (Å²) in [7, 11) is 1.63. The lowest BCUT2D eigenvalue weighted by Crippen LogP contribution is -2.36. The number of carbonyl (C=O) groups is 1. The molecular formula is C10H16N4O2. The highest BCUT2D eigenvalue weighted by molar-refractivity contribution is 5.98. The number of H-pyrrole nitrogens is 1. The number of hydrogen-bond acceptors (Lipinski definition) is 4. The summed E-state index contributed by atoms with van der Waals surface area (Å²) in [5.74, 6) is 0.263. The van der Waals surface area contributed by atoms with Gasteiger partial charge in [-0.05, 0) is 12.8 Å². The topological polar surface area (TPSA) is 84.2 Å². The Morgan fingerprint density at radius 1 is 1.75 bits per heavy atom. The van der Waals surface area contributed by atoms with E-state index in [1.807, 2.05) is 4.90 Å². The van der Waals surface area contributed by atoms with Crippen LogP contribution in [0.5, 0.6) is 0 Å². The summed E-state index contributed by atoms with van der Waals surface area (Å²) in [5.41, 5.74) is 6.08. The predicted octanol–water partition coefficient (Wildman–Crippen LogP) is 0.243. The van der Waals surface area contributed by atoms with Crippen LogP contribution in [0.1, 0.15) is 23.2 Å². The lowest BCUT2D eigenvalue weighted by Gasteiger charge is -2.21. The van der Waals surface area contributed by atoms with Gasteiger partial charge >= 0.3 is 0 Å². The largest absolute Gasteiger partial charge is 0.383 e. The van der Waals surface area contributed by atoms with Gasteiger partial charge in [0.1, 0.15) is 11.4 Å². The first-order valence-corrected chi connectivity index (χ1v) is 5.32. The average Bonchev–Trinajstić information content (AvgIpc) is 3.01. The molecule has 0 aliphatic heterocycles. The highest BCUT2D eigenvalue weighted by atomic mass is 16.5. The van der Waals surface area contributed by atoms with Crippen LogP contribution in [0.15, 0.2) is 6.20 Å². The molecule has 6 heteroatoms. The maximum absolute atomic E-state index is 12.1. The first-order chi connectivity index (χ1) is 7.74. The minimum atomic E-state index is -0.0641. The molecule has 0 radical (unpaired) electrons. The quantitative estimate of drug-likeness (QED) is 0.750. The van der Waals surface area contributed by atoms with Crippen molar-refractivity contribution in [2.75, 3.05) is 26.0 Å². The number of anilines is 1. The SMILES string of the molecule is COCCN(C(=O)c1cn[nH]c1N)C1CC1. The molecule has 6 nitrogen and oxygen atoms in total. The van der Waals surface area contributed by atoms with Crippen molar-refractivity contribution < 1.29 is 9.53 Å².